The van der Waals surface area contributed by atoms with E-state index in [0.29, 0.717) is 22.6 Å². The summed E-state index contributed by atoms with van der Waals surface area (Å²) < 4.78 is 19.6. The molecule has 0 unspecified atom stereocenters. The van der Waals surface area contributed by atoms with Crippen LogP contribution in [-0.2, 0) is 0 Å². The number of nitrogens with zero attached hydrogens (tertiary/aromatic N) is 2. The number of hydrogen-bond donors (Lipinski definition) is 2. The number of methoxy groups -OCH3 is 1. The third-order valence-corrected chi connectivity index (χ3v) is 4.70. The highest BCUT2D eigenvalue weighted by atomic mass is 19.1. The molecular weight excluding hydrogens is 387 g/mol. The zero-order chi connectivity index (χ0) is 21.1. The van der Waals surface area contributed by atoms with Crippen LogP contribution in [0.2, 0.25) is 0 Å². The molecule has 30 heavy (non-hydrogen) atoms. The van der Waals surface area contributed by atoms with E-state index in [1.54, 1.807) is 18.2 Å². The molecule has 0 atom stereocenters. The fraction of sp³-hybridized carbons (Fsp3) is 0.182. The summed E-state index contributed by atoms with van der Waals surface area (Å²) in [6.07, 6.45) is 6.28. The van der Waals surface area contributed by atoms with Gasteiger partial charge in [-0.2, -0.15) is 0 Å². The first-order valence-corrected chi connectivity index (χ1v) is 9.41. The predicted octanol–water partition coefficient (Wildman–Crippen LogP) is 3.44. The van der Waals surface area contributed by atoms with Crippen molar-refractivity contribution in [2.24, 2.45) is 0 Å². The lowest BCUT2D eigenvalue weighted by molar-refractivity contribution is 0.0946. The SMILES string of the molecule is COc1ccc(-c2ccncc2NC(=O)c2ccnc(C(=O)NC3CC3)c2)c(F)c1. The van der Waals surface area contributed by atoms with Crippen molar-refractivity contribution in [3.8, 4) is 16.9 Å². The van der Waals surface area contributed by atoms with E-state index < -0.39 is 11.7 Å². The Hall–Kier alpha value is -3.81. The van der Waals surface area contributed by atoms with Gasteiger partial charge in [-0.25, -0.2) is 4.39 Å². The van der Waals surface area contributed by atoms with E-state index in [0.717, 1.165) is 12.8 Å². The van der Waals surface area contributed by atoms with Crippen LogP contribution < -0.4 is 15.4 Å². The third kappa shape index (κ3) is 4.27. The molecule has 2 N–H and O–H groups in total. The molecule has 1 aliphatic rings. The van der Waals surface area contributed by atoms with Crippen LogP contribution in [0, 0.1) is 5.82 Å². The Bertz CT molecular complexity index is 1120. The van der Waals surface area contributed by atoms with E-state index in [1.807, 2.05) is 0 Å². The Morgan fingerprint density at radius 3 is 2.63 bits per heavy atom. The first-order valence-electron chi connectivity index (χ1n) is 9.41. The molecule has 1 aliphatic carbocycles. The first-order chi connectivity index (χ1) is 14.5. The summed E-state index contributed by atoms with van der Waals surface area (Å²) in [4.78, 5) is 33.0. The van der Waals surface area contributed by atoms with Crippen LogP contribution in [0.3, 0.4) is 0 Å². The Morgan fingerprint density at radius 1 is 1.07 bits per heavy atom. The summed E-state index contributed by atoms with van der Waals surface area (Å²) >= 11 is 0. The number of nitrogens with one attached hydrogen (secondary N) is 2. The minimum absolute atomic E-state index is 0.169. The van der Waals surface area contributed by atoms with Gasteiger partial charge in [-0.15, -0.1) is 0 Å². The number of hydrogen-bond acceptors (Lipinski definition) is 5. The standard InChI is InChI=1S/C22H19FN4O3/c1-30-15-4-5-16(18(23)11-15)17-7-8-24-12-20(17)27-21(28)13-6-9-25-19(10-13)22(29)26-14-2-3-14/h4-12,14H,2-3H2,1H3,(H,26,29)(H,27,28). The van der Waals surface area contributed by atoms with Crippen molar-refractivity contribution < 1.29 is 18.7 Å². The number of carbonyl (C=O) groups is 2. The second-order valence-corrected chi connectivity index (χ2v) is 6.90. The van der Waals surface area contributed by atoms with Gasteiger partial charge in [-0.1, -0.05) is 0 Å². The molecule has 7 nitrogen and oxygen atoms in total. The third-order valence-electron chi connectivity index (χ3n) is 4.70. The van der Waals surface area contributed by atoms with Gasteiger partial charge in [0.25, 0.3) is 11.8 Å². The molecule has 152 valence electrons. The highest BCUT2D eigenvalue weighted by Crippen LogP contribution is 2.31. The molecule has 2 amide bonds. The van der Waals surface area contributed by atoms with E-state index in [-0.39, 0.29) is 23.2 Å². The Balaban J connectivity index is 1.58. The summed E-state index contributed by atoms with van der Waals surface area (Å²) in [6.45, 7) is 0. The maximum absolute atomic E-state index is 14.5. The lowest BCUT2D eigenvalue weighted by Crippen LogP contribution is -2.26. The van der Waals surface area contributed by atoms with Crippen molar-refractivity contribution >= 4 is 17.5 Å². The van der Waals surface area contributed by atoms with Crippen LogP contribution in [0.4, 0.5) is 10.1 Å². The van der Waals surface area contributed by atoms with E-state index in [9.17, 15) is 14.0 Å². The first kappa shape index (κ1) is 19.5. The predicted molar refractivity (Wildman–Crippen MR) is 109 cm³/mol. The quantitative estimate of drug-likeness (QED) is 0.654. The van der Waals surface area contributed by atoms with Crippen LogP contribution in [0.1, 0.15) is 33.7 Å². The summed E-state index contributed by atoms with van der Waals surface area (Å²) in [5.41, 5.74) is 1.54. The molecule has 0 bridgehead atoms. The lowest BCUT2D eigenvalue weighted by Gasteiger charge is -2.12. The summed E-state index contributed by atoms with van der Waals surface area (Å²) in [5, 5.41) is 5.58. The average Bonchev–Trinajstić information content (AvgIpc) is 3.58. The number of anilines is 1. The van der Waals surface area contributed by atoms with Crippen LogP contribution in [0.5, 0.6) is 5.75 Å². The van der Waals surface area contributed by atoms with Crippen LogP contribution in [0.25, 0.3) is 11.1 Å². The Kier molecular flexibility index (Phi) is 5.38. The number of benzene rings is 1. The van der Waals surface area contributed by atoms with Gasteiger partial charge < -0.3 is 15.4 Å². The van der Waals surface area contributed by atoms with E-state index >= 15 is 0 Å². The van der Waals surface area contributed by atoms with Crippen molar-refractivity contribution in [2.75, 3.05) is 12.4 Å². The normalized spacial score (nSPS) is 12.9. The molecule has 2 aromatic heterocycles. The topological polar surface area (TPSA) is 93.2 Å². The van der Waals surface area contributed by atoms with Crippen LogP contribution in [0.15, 0.2) is 55.0 Å². The van der Waals surface area contributed by atoms with Gasteiger partial charge in [-0.05, 0) is 43.2 Å². The fourth-order valence-corrected chi connectivity index (χ4v) is 2.95. The monoisotopic (exact) mass is 406 g/mol. The van der Waals surface area contributed by atoms with Gasteiger partial charge >= 0.3 is 0 Å². The molecular formula is C22H19FN4O3. The average molecular weight is 406 g/mol. The van der Waals surface area contributed by atoms with Crippen molar-refractivity contribution in [1.29, 1.82) is 0 Å². The summed E-state index contributed by atoms with van der Waals surface area (Å²) in [5.74, 6) is -0.862. The maximum atomic E-state index is 14.5. The van der Waals surface area contributed by atoms with E-state index in [1.165, 1.54) is 43.9 Å². The van der Waals surface area contributed by atoms with E-state index in [2.05, 4.69) is 20.6 Å². The highest BCUT2D eigenvalue weighted by molar-refractivity contribution is 6.07. The second kappa shape index (κ2) is 8.28. The van der Waals surface area contributed by atoms with Gasteiger partial charge in [0, 0.05) is 41.2 Å². The highest BCUT2D eigenvalue weighted by Gasteiger charge is 2.24. The second-order valence-electron chi connectivity index (χ2n) is 6.90. The van der Waals surface area contributed by atoms with Crippen molar-refractivity contribution in [3.63, 3.8) is 0 Å². The van der Waals surface area contributed by atoms with Crippen molar-refractivity contribution in [2.45, 2.75) is 18.9 Å². The van der Waals surface area contributed by atoms with Crippen LogP contribution >= 0.6 is 0 Å². The van der Waals surface area contributed by atoms with Crippen molar-refractivity contribution in [1.82, 2.24) is 15.3 Å². The molecule has 2 heterocycles. The smallest absolute Gasteiger partial charge is 0.270 e. The van der Waals surface area contributed by atoms with E-state index in [4.69, 9.17) is 4.74 Å². The number of ether oxygens (including phenoxy) is 1. The minimum Gasteiger partial charge on any atom is -0.497 e. The number of halogens is 1. The molecule has 3 aromatic rings. The van der Waals surface area contributed by atoms with Gasteiger partial charge in [-0.3, -0.25) is 19.6 Å². The molecule has 0 aliphatic heterocycles. The largest absolute Gasteiger partial charge is 0.497 e. The molecule has 8 heteroatoms. The Labute approximate surface area is 172 Å². The fourth-order valence-electron chi connectivity index (χ4n) is 2.95. The molecule has 0 radical (unpaired) electrons. The number of aromatic nitrogens is 2. The molecule has 0 saturated heterocycles. The number of rotatable bonds is 6. The molecule has 4 rings (SSSR count). The van der Waals surface area contributed by atoms with Gasteiger partial charge in [0.1, 0.15) is 17.3 Å². The maximum Gasteiger partial charge on any atom is 0.270 e. The van der Waals surface area contributed by atoms with Gasteiger partial charge in [0.2, 0.25) is 0 Å². The zero-order valence-electron chi connectivity index (χ0n) is 16.2. The van der Waals surface area contributed by atoms with Crippen molar-refractivity contribution in [3.05, 3.63) is 72.1 Å². The number of carbonyl (C=O) groups excluding carboxylic acids is 2. The minimum atomic E-state index is -0.487. The zero-order valence-corrected chi connectivity index (χ0v) is 16.2. The summed E-state index contributed by atoms with van der Waals surface area (Å²) in [7, 11) is 1.46. The van der Waals surface area contributed by atoms with Gasteiger partial charge in [0.05, 0.1) is 19.0 Å². The lowest BCUT2D eigenvalue weighted by atomic mass is 10.0. The molecule has 1 aromatic carbocycles. The molecule has 0 spiro atoms. The number of amides is 2. The Morgan fingerprint density at radius 2 is 1.90 bits per heavy atom. The van der Waals surface area contributed by atoms with Crippen LogP contribution in [-0.4, -0.2) is 34.9 Å². The molecule has 1 fully saturated rings. The van der Waals surface area contributed by atoms with Gasteiger partial charge in [0.15, 0.2) is 0 Å². The number of pyridine rings is 2. The molecule has 1 saturated carbocycles. The summed E-state index contributed by atoms with van der Waals surface area (Å²) in [6, 6.07) is 9.22.